The number of hydrogen-bond acceptors (Lipinski definition) is 2. The Hall–Kier alpha value is -1.65. The molecule has 1 aromatic carbocycles. The molecule has 100 valence electrons. The van der Waals surface area contributed by atoms with Gasteiger partial charge in [-0.3, -0.25) is 4.79 Å². The molecule has 19 heavy (non-hydrogen) atoms. The maximum Gasteiger partial charge on any atom is 0.221 e. The van der Waals surface area contributed by atoms with Crippen LogP contribution in [0, 0.1) is 0 Å². The van der Waals surface area contributed by atoms with Gasteiger partial charge in [0.15, 0.2) is 0 Å². The van der Waals surface area contributed by atoms with Gasteiger partial charge in [-0.05, 0) is 13.0 Å². The fourth-order valence-electron chi connectivity index (χ4n) is 2.76. The van der Waals surface area contributed by atoms with Crippen molar-refractivity contribution in [2.45, 2.75) is 13.0 Å². The van der Waals surface area contributed by atoms with Crippen LogP contribution in [0.1, 0.15) is 17.3 Å². The van der Waals surface area contributed by atoms with Crippen LogP contribution in [0.4, 0.5) is 0 Å². The number of benzene rings is 1. The minimum Gasteiger partial charge on any atom is -0.370 e. The highest BCUT2D eigenvalue weighted by Gasteiger charge is 2.29. The normalized spacial score (nSPS) is 18.6. The second-order valence-electron chi connectivity index (χ2n) is 5.10. The number of ketones is 1. The van der Waals surface area contributed by atoms with Crippen molar-refractivity contribution in [3.63, 3.8) is 0 Å². The molecule has 3 rings (SSSR count). The number of para-hydroxylation sites is 1. The molecule has 0 radical (unpaired) electrons. The number of morpholine rings is 1. The maximum absolute atomic E-state index is 12.6. The molecule has 1 aromatic heterocycles. The van der Waals surface area contributed by atoms with E-state index < -0.39 is 0 Å². The first-order valence-corrected chi connectivity index (χ1v) is 6.80. The molecule has 1 saturated heterocycles. The van der Waals surface area contributed by atoms with E-state index in [-0.39, 0.29) is 11.8 Å². The monoisotopic (exact) mass is 259 g/mol. The van der Waals surface area contributed by atoms with Gasteiger partial charge < -0.3 is 14.6 Å². The van der Waals surface area contributed by atoms with Crippen molar-refractivity contribution in [1.82, 2.24) is 4.98 Å². The molecule has 1 aliphatic heterocycles. The minimum absolute atomic E-state index is 0.0110. The highest BCUT2D eigenvalue weighted by Crippen LogP contribution is 2.18. The van der Waals surface area contributed by atoms with E-state index in [0.29, 0.717) is 0 Å². The summed E-state index contributed by atoms with van der Waals surface area (Å²) in [6.07, 6.45) is 1.84. The Bertz CT molecular complexity index is 585. The average molecular weight is 259 g/mol. The topological polar surface area (TPSA) is 46.5 Å². The second-order valence-corrected chi connectivity index (χ2v) is 5.10. The van der Waals surface area contributed by atoms with Gasteiger partial charge in [-0.25, -0.2) is 0 Å². The van der Waals surface area contributed by atoms with Gasteiger partial charge in [0.25, 0.3) is 0 Å². The molecule has 1 fully saturated rings. The Labute approximate surface area is 112 Å². The van der Waals surface area contributed by atoms with E-state index in [9.17, 15) is 4.79 Å². The summed E-state index contributed by atoms with van der Waals surface area (Å²) in [5, 5.41) is 1.02. The largest absolute Gasteiger partial charge is 0.370 e. The summed E-state index contributed by atoms with van der Waals surface area (Å²) in [6, 6.07) is 7.94. The highest BCUT2D eigenvalue weighted by atomic mass is 16.5. The summed E-state index contributed by atoms with van der Waals surface area (Å²) in [5.41, 5.74) is 1.83. The Balaban J connectivity index is 1.86. The first-order chi connectivity index (χ1) is 9.27. The molecule has 0 saturated carbocycles. The van der Waals surface area contributed by atoms with Crippen LogP contribution in [0.3, 0.4) is 0 Å². The predicted octanol–water partition coefficient (Wildman–Crippen LogP) is 0.654. The van der Waals surface area contributed by atoms with Gasteiger partial charge in [-0.15, -0.1) is 0 Å². The zero-order valence-corrected chi connectivity index (χ0v) is 11.1. The van der Waals surface area contributed by atoms with Crippen LogP contribution in [-0.2, 0) is 4.74 Å². The Kier molecular flexibility index (Phi) is 3.36. The predicted molar refractivity (Wildman–Crippen MR) is 73.6 cm³/mol. The first-order valence-electron chi connectivity index (χ1n) is 6.80. The number of ether oxygens (including phenoxy) is 1. The molecule has 1 atom stereocenters. The van der Waals surface area contributed by atoms with Gasteiger partial charge in [-0.1, -0.05) is 18.2 Å². The number of carbonyl (C=O) groups excluding carboxylic acids is 1. The number of H-pyrrole nitrogens is 1. The lowest BCUT2D eigenvalue weighted by Gasteiger charge is -2.28. The van der Waals surface area contributed by atoms with Crippen LogP contribution in [0.5, 0.6) is 0 Å². The van der Waals surface area contributed by atoms with Crippen molar-refractivity contribution in [2.24, 2.45) is 0 Å². The number of carbonyl (C=O) groups is 1. The quantitative estimate of drug-likeness (QED) is 0.795. The van der Waals surface area contributed by atoms with Crippen molar-refractivity contribution in [2.75, 3.05) is 26.3 Å². The Morgan fingerprint density at radius 2 is 2.05 bits per heavy atom. The summed E-state index contributed by atoms with van der Waals surface area (Å²) < 4.78 is 5.35. The van der Waals surface area contributed by atoms with Crippen molar-refractivity contribution in [1.29, 1.82) is 0 Å². The molecule has 4 heteroatoms. The molecule has 0 unspecified atom stereocenters. The molecule has 0 aliphatic carbocycles. The molecule has 1 aliphatic rings. The molecule has 2 heterocycles. The van der Waals surface area contributed by atoms with Crippen LogP contribution in [0.25, 0.3) is 10.9 Å². The molecule has 0 spiro atoms. The number of nitrogens with one attached hydrogen (secondary N) is 2. The number of Topliss-reactive ketones (excluding diaryl/α,β-unsaturated/α-hetero) is 1. The van der Waals surface area contributed by atoms with Gasteiger partial charge in [0, 0.05) is 22.7 Å². The third-order valence-corrected chi connectivity index (χ3v) is 4.00. The van der Waals surface area contributed by atoms with E-state index in [1.165, 1.54) is 4.90 Å². The van der Waals surface area contributed by atoms with Crippen molar-refractivity contribution < 1.29 is 14.4 Å². The van der Waals surface area contributed by atoms with Gasteiger partial charge in [0.1, 0.15) is 19.1 Å². The maximum atomic E-state index is 12.6. The summed E-state index contributed by atoms with van der Waals surface area (Å²) in [4.78, 5) is 17.1. The van der Waals surface area contributed by atoms with Crippen LogP contribution in [0.15, 0.2) is 30.5 Å². The van der Waals surface area contributed by atoms with E-state index in [0.717, 1.165) is 42.8 Å². The Morgan fingerprint density at radius 1 is 1.32 bits per heavy atom. The van der Waals surface area contributed by atoms with Crippen molar-refractivity contribution in [3.8, 4) is 0 Å². The lowest BCUT2D eigenvalue weighted by atomic mass is 10.0. The van der Waals surface area contributed by atoms with E-state index in [2.05, 4.69) is 4.98 Å². The van der Waals surface area contributed by atoms with E-state index in [4.69, 9.17) is 4.74 Å². The van der Waals surface area contributed by atoms with E-state index in [1.54, 1.807) is 0 Å². The third kappa shape index (κ3) is 2.29. The van der Waals surface area contributed by atoms with Crippen LogP contribution in [-0.4, -0.2) is 43.1 Å². The van der Waals surface area contributed by atoms with Crippen LogP contribution >= 0.6 is 0 Å². The summed E-state index contributed by atoms with van der Waals surface area (Å²) in [6.45, 7) is 5.34. The van der Waals surface area contributed by atoms with Gasteiger partial charge in [0.05, 0.1) is 13.2 Å². The van der Waals surface area contributed by atoms with E-state index in [1.807, 2.05) is 37.4 Å². The molecular weight excluding hydrogens is 240 g/mol. The number of hydrogen-bond donors (Lipinski definition) is 2. The molecular formula is C15H19N2O2+. The number of aromatic amines is 1. The lowest BCUT2D eigenvalue weighted by molar-refractivity contribution is -0.921. The summed E-state index contributed by atoms with van der Waals surface area (Å²) in [7, 11) is 0. The lowest BCUT2D eigenvalue weighted by Crippen LogP contribution is -3.18. The minimum atomic E-state index is -0.0110. The molecule has 2 aromatic rings. The smallest absolute Gasteiger partial charge is 0.221 e. The van der Waals surface area contributed by atoms with Gasteiger partial charge in [0.2, 0.25) is 5.78 Å². The number of fused-ring (bicyclic) bond motifs is 1. The van der Waals surface area contributed by atoms with Crippen LogP contribution < -0.4 is 4.90 Å². The second kappa shape index (κ2) is 5.15. The van der Waals surface area contributed by atoms with Gasteiger partial charge in [-0.2, -0.15) is 0 Å². The summed E-state index contributed by atoms with van der Waals surface area (Å²) in [5.74, 6) is 0.217. The first kappa shape index (κ1) is 12.4. The van der Waals surface area contributed by atoms with Gasteiger partial charge >= 0.3 is 0 Å². The number of aromatic nitrogens is 1. The number of quaternary nitrogens is 1. The van der Waals surface area contributed by atoms with Crippen molar-refractivity contribution >= 4 is 16.7 Å². The molecule has 0 bridgehead atoms. The fraction of sp³-hybridized carbons (Fsp3) is 0.400. The highest BCUT2D eigenvalue weighted by molar-refractivity contribution is 6.09. The molecule has 4 nitrogen and oxygen atoms in total. The number of rotatable bonds is 3. The zero-order valence-electron chi connectivity index (χ0n) is 11.1. The zero-order chi connectivity index (χ0) is 13.2. The SMILES string of the molecule is C[C@H](C(=O)c1c[nH]c2ccccc12)[NH+]1CCOCC1. The van der Waals surface area contributed by atoms with Crippen molar-refractivity contribution in [3.05, 3.63) is 36.0 Å². The van der Waals surface area contributed by atoms with E-state index >= 15 is 0 Å². The Morgan fingerprint density at radius 3 is 2.84 bits per heavy atom. The third-order valence-electron chi connectivity index (χ3n) is 4.00. The fourth-order valence-corrected chi connectivity index (χ4v) is 2.76. The summed E-state index contributed by atoms with van der Waals surface area (Å²) >= 11 is 0. The molecule has 0 amide bonds. The average Bonchev–Trinajstić information content (AvgIpc) is 2.90. The van der Waals surface area contributed by atoms with Crippen LogP contribution in [0.2, 0.25) is 0 Å². The standard InChI is InChI=1S/C15H18N2O2/c1-11(17-6-8-19-9-7-17)15(18)13-10-16-14-5-3-2-4-12(13)14/h2-5,10-11,16H,6-9H2,1H3/p+1/t11-/m1/s1. The molecule has 2 N–H and O–H groups in total.